The maximum Gasteiger partial charge on any atom is 0.343 e. The van der Waals surface area contributed by atoms with Crippen LogP contribution in [0.25, 0.3) is 0 Å². The lowest BCUT2D eigenvalue weighted by Crippen LogP contribution is -2.54. The summed E-state index contributed by atoms with van der Waals surface area (Å²) in [5.74, 6) is 0.337. The van der Waals surface area contributed by atoms with Crippen molar-refractivity contribution < 1.29 is 4.79 Å². The Labute approximate surface area is 121 Å². The average Bonchev–Trinajstić information content (AvgIpc) is 3.12. The lowest BCUT2D eigenvalue weighted by atomic mass is 9.98. The molecule has 1 heterocycles. The molecule has 1 aromatic rings. The predicted octanol–water partition coefficient (Wildman–Crippen LogP) is 0.0695. The van der Waals surface area contributed by atoms with Gasteiger partial charge in [-0.3, -0.25) is 9.36 Å². The number of aromatic amines is 1. The van der Waals surface area contributed by atoms with Gasteiger partial charge in [-0.25, -0.2) is 9.89 Å². The minimum atomic E-state index is -0.693. The molecule has 1 saturated carbocycles. The Kier molecular flexibility index (Phi) is 4.54. The molecule has 1 aliphatic rings. The summed E-state index contributed by atoms with van der Waals surface area (Å²) in [7, 11) is 0. The number of hydrogen-bond donors (Lipinski definition) is 3. The number of aromatic nitrogens is 3. The lowest BCUT2D eigenvalue weighted by Gasteiger charge is -2.27. The van der Waals surface area contributed by atoms with Gasteiger partial charge in [0.25, 0.3) is 0 Å². The largest absolute Gasteiger partial charge is 0.368 e. The number of rotatable bonds is 8. The van der Waals surface area contributed by atoms with E-state index < -0.39 is 5.54 Å². The molecule has 7 nitrogen and oxygen atoms in total. The highest BCUT2D eigenvalue weighted by molar-refractivity contribution is 7.99. The minimum Gasteiger partial charge on any atom is -0.368 e. The number of nitrogens with two attached hydrogens (primary N) is 1. The fourth-order valence-corrected chi connectivity index (χ4v) is 3.15. The summed E-state index contributed by atoms with van der Waals surface area (Å²) in [6.07, 6.45) is 2.81. The number of carbonyl (C=O) groups excluding carboxylic acids is 1. The second-order valence-corrected chi connectivity index (χ2v) is 6.33. The highest BCUT2D eigenvalue weighted by Gasteiger charge is 2.36. The molecule has 1 aromatic heterocycles. The van der Waals surface area contributed by atoms with Gasteiger partial charge in [-0.1, -0.05) is 11.8 Å². The molecule has 1 aliphatic carbocycles. The summed E-state index contributed by atoms with van der Waals surface area (Å²) in [5, 5.41) is 10.4. The molecule has 0 spiro atoms. The Balaban J connectivity index is 1.92. The topological polar surface area (TPSA) is 106 Å². The van der Waals surface area contributed by atoms with Gasteiger partial charge in [-0.15, -0.1) is 5.10 Å². The molecule has 1 atom stereocenters. The van der Waals surface area contributed by atoms with Crippen LogP contribution in [0.1, 0.15) is 33.1 Å². The number of hydrogen-bond acceptors (Lipinski definition) is 5. The average molecular weight is 299 g/mol. The van der Waals surface area contributed by atoms with Crippen molar-refractivity contribution in [3.8, 4) is 0 Å². The Bertz CT molecular complexity index is 536. The SMILES string of the molecule is CCn1c(SCCC(C)(NC2CC2)C(N)=O)n[nH]c1=O. The van der Waals surface area contributed by atoms with E-state index in [1.165, 1.54) is 11.8 Å². The second-order valence-electron chi connectivity index (χ2n) is 5.27. The molecule has 8 heteroatoms. The van der Waals surface area contributed by atoms with Crippen molar-refractivity contribution >= 4 is 17.7 Å². The zero-order valence-electron chi connectivity index (χ0n) is 11.8. The van der Waals surface area contributed by atoms with Gasteiger partial charge in [0.2, 0.25) is 5.91 Å². The Morgan fingerprint density at radius 2 is 2.35 bits per heavy atom. The highest BCUT2D eigenvalue weighted by Crippen LogP contribution is 2.26. The van der Waals surface area contributed by atoms with Crippen molar-refractivity contribution in [2.24, 2.45) is 5.73 Å². The Morgan fingerprint density at radius 1 is 1.65 bits per heavy atom. The number of nitrogens with one attached hydrogen (secondary N) is 2. The van der Waals surface area contributed by atoms with Gasteiger partial charge in [0.1, 0.15) is 0 Å². The molecule has 0 aromatic carbocycles. The van der Waals surface area contributed by atoms with Crippen molar-refractivity contribution in [3.05, 3.63) is 10.5 Å². The molecule has 1 fully saturated rings. The fraction of sp³-hybridized carbons (Fsp3) is 0.750. The minimum absolute atomic E-state index is 0.205. The molecule has 2 rings (SSSR count). The Morgan fingerprint density at radius 3 is 2.90 bits per heavy atom. The third kappa shape index (κ3) is 3.43. The van der Waals surface area contributed by atoms with Crippen LogP contribution in [-0.2, 0) is 11.3 Å². The summed E-state index contributed by atoms with van der Waals surface area (Å²) < 4.78 is 1.57. The number of carbonyl (C=O) groups is 1. The molecular weight excluding hydrogens is 278 g/mol. The number of thioether (sulfide) groups is 1. The summed E-state index contributed by atoms with van der Waals surface area (Å²) in [5.41, 5.74) is 4.60. The van der Waals surface area contributed by atoms with Crippen LogP contribution < -0.4 is 16.7 Å². The molecule has 20 heavy (non-hydrogen) atoms. The quantitative estimate of drug-likeness (QED) is 0.589. The Hall–Kier alpha value is -1.28. The van der Waals surface area contributed by atoms with Gasteiger partial charge in [-0.2, -0.15) is 0 Å². The van der Waals surface area contributed by atoms with Gasteiger partial charge in [0, 0.05) is 18.3 Å². The molecule has 4 N–H and O–H groups in total. The van der Waals surface area contributed by atoms with Crippen molar-refractivity contribution in [1.82, 2.24) is 20.1 Å². The maximum absolute atomic E-state index is 11.6. The summed E-state index contributed by atoms with van der Waals surface area (Å²) in [6.45, 7) is 4.31. The molecule has 0 radical (unpaired) electrons. The normalized spacial score (nSPS) is 17.9. The molecule has 1 unspecified atom stereocenters. The van der Waals surface area contributed by atoms with Crippen molar-refractivity contribution in [2.45, 2.75) is 56.4 Å². The molecule has 0 bridgehead atoms. The molecule has 1 amide bonds. The van der Waals surface area contributed by atoms with E-state index in [2.05, 4.69) is 15.5 Å². The zero-order chi connectivity index (χ0) is 14.8. The van der Waals surface area contributed by atoms with Crippen LogP contribution in [0, 0.1) is 0 Å². The van der Waals surface area contributed by atoms with E-state index in [0.717, 1.165) is 12.8 Å². The number of amides is 1. The smallest absolute Gasteiger partial charge is 0.343 e. The lowest BCUT2D eigenvalue weighted by molar-refractivity contribution is -0.124. The van der Waals surface area contributed by atoms with E-state index in [0.29, 0.717) is 29.9 Å². The monoisotopic (exact) mass is 299 g/mol. The van der Waals surface area contributed by atoms with Crippen LogP contribution in [0.5, 0.6) is 0 Å². The first-order valence-corrected chi connectivity index (χ1v) is 7.80. The molecule has 0 saturated heterocycles. The highest BCUT2D eigenvalue weighted by atomic mass is 32.2. The van der Waals surface area contributed by atoms with E-state index in [9.17, 15) is 9.59 Å². The molecular formula is C12H21N5O2S. The first-order valence-electron chi connectivity index (χ1n) is 6.82. The van der Waals surface area contributed by atoms with Gasteiger partial charge >= 0.3 is 5.69 Å². The maximum atomic E-state index is 11.6. The number of nitrogens with zero attached hydrogens (tertiary/aromatic N) is 2. The van der Waals surface area contributed by atoms with E-state index in [-0.39, 0.29) is 11.6 Å². The van der Waals surface area contributed by atoms with Gasteiger partial charge in [0.05, 0.1) is 5.54 Å². The molecule has 112 valence electrons. The third-order valence-electron chi connectivity index (χ3n) is 3.52. The van der Waals surface area contributed by atoms with E-state index in [4.69, 9.17) is 5.73 Å². The number of primary amides is 1. The van der Waals surface area contributed by atoms with Crippen LogP contribution >= 0.6 is 11.8 Å². The van der Waals surface area contributed by atoms with Crippen LogP contribution in [0.4, 0.5) is 0 Å². The van der Waals surface area contributed by atoms with Crippen molar-refractivity contribution in [3.63, 3.8) is 0 Å². The summed E-state index contributed by atoms with van der Waals surface area (Å²) >= 11 is 1.46. The summed E-state index contributed by atoms with van der Waals surface area (Å²) in [4.78, 5) is 23.1. The zero-order valence-corrected chi connectivity index (χ0v) is 12.6. The van der Waals surface area contributed by atoms with Gasteiger partial charge in [-0.05, 0) is 33.1 Å². The van der Waals surface area contributed by atoms with E-state index in [1.807, 2.05) is 13.8 Å². The van der Waals surface area contributed by atoms with E-state index in [1.54, 1.807) is 4.57 Å². The first-order chi connectivity index (χ1) is 9.46. The van der Waals surface area contributed by atoms with Gasteiger partial charge in [0.15, 0.2) is 5.16 Å². The number of H-pyrrole nitrogens is 1. The second kappa shape index (κ2) is 6.01. The van der Waals surface area contributed by atoms with Crippen LogP contribution in [-0.4, -0.2) is 38.0 Å². The standard InChI is InChI=1S/C12H21N5O2S/c1-3-17-10(19)15-16-11(17)20-7-6-12(2,9(13)18)14-8-4-5-8/h8,14H,3-7H2,1-2H3,(H2,13,18)(H,15,19). The summed E-state index contributed by atoms with van der Waals surface area (Å²) in [6, 6.07) is 0.414. The fourth-order valence-electron chi connectivity index (χ4n) is 1.98. The third-order valence-corrected chi connectivity index (χ3v) is 4.49. The predicted molar refractivity (Wildman–Crippen MR) is 77.6 cm³/mol. The first kappa shape index (κ1) is 15.1. The van der Waals surface area contributed by atoms with Crippen LogP contribution in [0.15, 0.2) is 9.95 Å². The van der Waals surface area contributed by atoms with E-state index >= 15 is 0 Å². The van der Waals surface area contributed by atoms with Crippen LogP contribution in [0.2, 0.25) is 0 Å². The van der Waals surface area contributed by atoms with Crippen molar-refractivity contribution in [1.29, 1.82) is 0 Å². The van der Waals surface area contributed by atoms with Crippen molar-refractivity contribution in [2.75, 3.05) is 5.75 Å². The van der Waals surface area contributed by atoms with Gasteiger partial charge < -0.3 is 11.1 Å². The van der Waals surface area contributed by atoms with Crippen LogP contribution in [0.3, 0.4) is 0 Å². The molecule has 0 aliphatic heterocycles.